The average molecular weight is 282 g/mol. The van der Waals surface area contributed by atoms with Gasteiger partial charge >= 0.3 is 5.97 Å². The first-order valence-electron chi connectivity index (χ1n) is 6.55. The number of hydrogen-bond donors (Lipinski definition) is 1. The van der Waals surface area contributed by atoms with E-state index in [-0.39, 0.29) is 30.7 Å². The summed E-state index contributed by atoms with van der Waals surface area (Å²) in [7, 11) is 0. The third kappa shape index (κ3) is 3.16. The fourth-order valence-electron chi connectivity index (χ4n) is 1.97. The van der Waals surface area contributed by atoms with Gasteiger partial charge < -0.3 is 19.3 Å². The predicted octanol–water partition coefficient (Wildman–Crippen LogP) is 0.971. The van der Waals surface area contributed by atoms with E-state index in [1.54, 1.807) is 6.07 Å². The van der Waals surface area contributed by atoms with Gasteiger partial charge in [0.2, 0.25) is 0 Å². The minimum absolute atomic E-state index is 0.120. The van der Waals surface area contributed by atoms with Crippen LogP contribution in [0, 0.1) is 5.92 Å². The van der Waals surface area contributed by atoms with E-state index in [4.69, 9.17) is 14.4 Å². The van der Waals surface area contributed by atoms with Crippen molar-refractivity contribution in [3.8, 4) is 0 Å². The lowest BCUT2D eigenvalue weighted by Crippen LogP contribution is -2.38. The van der Waals surface area contributed by atoms with Crippen molar-refractivity contribution in [1.82, 2.24) is 10.1 Å². The molecular weight excluding hydrogens is 264 g/mol. The Morgan fingerprint density at radius 2 is 2.25 bits per heavy atom. The monoisotopic (exact) mass is 282 g/mol. The lowest BCUT2D eigenvalue weighted by atomic mass is 10.1. The molecule has 1 aliphatic rings. The van der Waals surface area contributed by atoms with Crippen molar-refractivity contribution < 1.29 is 24.0 Å². The van der Waals surface area contributed by atoms with Gasteiger partial charge in [0.05, 0.1) is 19.1 Å². The molecule has 1 atom stereocenters. The SMILES string of the molecule is CC(C)c1cc(C(=O)N2CCOCC(C(=O)O)C2)no1. The average Bonchev–Trinajstić information content (AvgIpc) is 2.76. The normalized spacial score (nSPS) is 19.9. The van der Waals surface area contributed by atoms with Crippen LogP contribution in [0.1, 0.15) is 36.0 Å². The summed E-state index contributed by atoms with van der Waals surface area (Å²) in [5.74, 6) is -1.22. The second-order valence-electron chi connectivity index (χ2n) is 5.13. The van der Waals surface area contributed by atoms with Crippen LogP contribution in [0.4, 0.5) is 0 Å². The number of hydrogen-bond acceptors (Lipinski definition) is 5. The van der Waals surface area contributed by atoms with E-state index in [1.807, 2.05) is 13.8 Å². The van der Waals surface area contributed by atoms with Crippen molar-refractivity contribution in [1.29, 1.82) is 0 Å². The van der Waals surface area contributed by atoms with E-state index in [2.05, 4.69) is 5.16 Å². The molecule has 0 aromatic carbocycles. The lowest BCUT2D eigenvalue weighted by Gasteiger charge is -2.20. The second kappa shape index (κ2) is 6.04. The van der Waals surface area contributed by atoms with Crippen LogP contribution in [0.15, 0.2) is 10.6 Å². The Balaban J connectivity index is 2.11. The first-order chi connectivity index (χ1) is 9.49. The number of aromatic nitrogens is 1. The molecule has 1 aromatic heterocycles. The number of rotatable bonds is 3. The number of carbonyl (C=O) groups is 2. The minimum atomic E-state index is -0.965. The number of carboxylic acids is 1. The van der Waals surface area contributed by atoms with Gasteiger partial charge in [0.15, 0.2) is 5.69 Å². The molecule has 1 aliphatic heterocycles. The Labute approximate surface area is 116 Å². The Kier molecular flexibility index (Phi) is 4.39. The standard InChI is InChI=1S/C13H18N2O5/c1-8(2)11-5-10(14-20-11)12(16)15-3-4-19-7-9(6-15)13(17)18/h5,8-9H,3-4,6-7H2,1-2H3,(H,17,18). The smallest absolute Gasteiger partial charge is 0.310 e. The zero-order valence-corrected chi connectivity index (χ0v) is 11.5. The number of nitrogens with zero attached hydrogens (tertiary/aromatic N) is 2. The summed E-state index contributed by atoms with van der Waals surface area (Å²) in [6, 6.07) is 1.61. The molecule has 0 aliphatic carbocycles. The van der Waals surface area contributed by atoms with Crippen molar-refractivity contribution in [2.45, 2.75) is 19.8 Å². The number of carboxylic acid groups (broad SMARTS) is 1. The van der Waals surface area contributed by atoms with Crippen molar-refractivity contribution in [3.63, 3.8) is 0 Å². The lowest BCUT2D eigenvalue weighted by molar-refractivity contribution is -0.143. The zero-order chi connectivity index (χ0) is 14.7. The first kappa shape index (κ1) is 14.5. The molecule has 0 bridgehead atoms. The summed E-state index contributed by atoms with van der Waals surface area (Å²) < 4.78 is 10.3. The molecule has 7 nitrogen and oxygen atoms in total. The summed E-state index contributed by atoms with van der Waals surface area (Å²) in [6.07, 6.45) is 0. The van der Waals surface area contributed by atoms with Gasteiger partial charge in [-0.15, -0.1) is 0 Å². The van der Waals surface area contributed by atoms with Crippen molar-refractivity contribution in [2.75, 3.05) is 26.3 Å². The molecule has 110 valence electrons. The molecule has 2 rings (SSSR count). The molecule has 7 heteroatoms. The number of amides is 1. The summed E-state index contributed by atoms with van der Waals surface area (Å²) >= 11 is 0. The van der Waals surface area contributed by atoms with E-state index < -0.39 is 11.9 Å². The molecule has 0 saturated carbocycles. The molecular formula is C13H18N2O5. The van der Waals surface area contributed by atoms with Gasteiger partial charge in [-0.05, 0) is 0 Å². The number of carbonyl (C=O) groups excluding carboxylic acids is 1. The van der Waals surface area contributed by atoms with Crippen LogP contribution in [0.5, 0.6) is 0 Å². The Hall–Kier alpha value is -1.89. The molecule has 20 heavy (non-hydrogen) atoms. The highest BCUT2D eigenvalue weighted by atomic mass is 16.5. The van der Waals surface area contributed by atoms with Gasteiger partial charge in [-0.25, -0.2) is 0 Å². The predicted molar refractivity (Wildman–Crippen MR) is 68.4 cm³/mol. The molecule has 1 aromatic rings. The highest BCUT2D eigenvalue weighted by molar-refractivity contribution is 5.92. The van der Waals surface area contributed by atoms with Crippen LogP contribution in [0.25, 0.3) is 0 Å². The van der Waals surface area contributed by atoms with Gasteiger partial charge in [-0.2, -0.15) is 0 Å². The maximum atomic E-state index is 12.3. The Morgan fingerprint density at radius 1 is 1.50 bits per heavy atom. The summed E-state index contributed by atoms with van der Waals surface area (Å²) in [5, 5.41) is 12.8. The molecule has 2 heterocycles. The maximum absolute atomic E-state index is 12.3. The quantitative estimate of drug-likeness (QED) is 0.888. The Bertz CT molecular complexity index is 497. The fourth-order valence-corrected chi connectivity index (χ4v) is 1.97. The van der Waals surface area contributed by atoms with Crippen LogP contribution in [0.3, 0.4) is 0 Å². The van der Waals surface area contributed by atoms with Gasteiger partial charge in [0.1, 0.15) is 5.76 Å². The van der Waals surface area contributed by atoms with Crippen LogP contribution in [-0.2, 0) is 9.53 Å². The van der Waals surface area contributed by atoms with Crippen LogP contribution in [0.2, 0.25) is 0 Å². The third-order valence-electron chi connectivity index (χ3n) is 3.22. The Morgan fingerprint density at radius 3 is 2.85 bits per heavy atom. The number of ether oxygens (including phenoxy) is 1. The highest BCUT2D eigenvalue weighted by Gasteiger charge is 2.29. The molecule has 1 saturated heterocycles. The van der Waals surface area contributed by atoms with Gasteiger partial charge in [-0.1, -0.05) is 19.0 Å². The van der Waals surface area contributed by atoms with E-state index >= 15 is 0 Å². The molecule has 0 radical (unpaired) electrons. The molecule has 1 N–H and O–H groups in total. The maximum Gasteiger partial charge on any atom is 0.310 e. The van der Waals surface area contributed by atoms with Crippen molar-refractivity contribution in [2.24, 2.45) is 5.92 Å². The van der Waals surface area contributed by atoms with Gasteiger partial charge in [0.25, 0.3) is 5.91 Å². The largest absolute Gasteiger partial charge is 0.481 e. The fraction of sp³-hybridized carbons (Fsp3) is 0.615. The van der Waals surface area contributed by atoms with Crippen molar-refractivity contribution >= 4 is 11.9 Å². The summed E-state index contributed by atoms with van der Waals surface area (Å²) in [4.78, 5) is 24.8. The number of aliphatic carboxylic acids is 1. The molecule has 1 unspecified atom stereocenters. The zero-order valence-electron chi connectivity index (χ0n) is 11.5. The van der Waals surface area contributed by atoms with Crippen LogP contribution < -0.4 is 0 Å². The molecule has 1 fully saturated rings. The first-order valence-corrected chi connectivity index (χ1v) is 6.55. The topological polar surface area (TPSA) is 92.9 Å². The molecule has 1 amide bonds. The summed E-state index contributed by atoms with van der Waals surface area (Å²) in [5.41, 5.74) is 0.208. The second-order valence-corrected chi connectivity index (χ2v) is 5.13. The van der Waals surface area contributed by atoms with Crippen molar-refractivity contribution in [3.05, 3.63) is 17.5 Å². The van der Waals surface area contributed by atoms with Gasteiger partial charge in [-0.3, -0.25) is 9.59 Å². The third-order valence-corrected chi connectivity index (χ3v) is 3.22. The van der Waals surface area contributed by atoms with Gasteiger partial charge in [0, 0.05) is 25.1 Å². The van der Waals surface area contributed by atoms with E-state index in [1.165, 1.54) is 4.90 Å². The summed E-state index contributed by atoms with van der Waals surface area (Å²) in [6.45, 7) is 4.80. The van der Waals surface area contributed by atoms with E-state index in [0.717, 1.165) is 0 Å². The van der Waals surface area contributed by atoms with E-state index in [0.29, 0.717) is 18.9 Å². The van der Waals surface area contributed by atoms with E-state index in [9.17, 15) is 9.59 Å². The molecule has 0 spiro atoms. The minimum Gasteiger partial charge on any atom is -0.481 e. The highest BCUT2D eigenvalue weighted by Crippen LogP contribution is 2.17. The van der Waals surface area contributed by atoms with Crippen LogP contribution >= 0.6 is 0 Å². The van der Waals surface area contributed by atoms with Crippen LogP contribution in [-0.4, -0.2) is 53.3 Å².